The normalized spacial score (nSPS) is 14.0. The fourth-order valence-corrected chi connectivity index (χ4v) is 1.52. The van der Waals surface area contributed by atoms with Crippen LogP contribution in [0, 0.1) is 0 Å². The molecule has 0 saturated carbocycles. The molecule has 1 aromatic rings. The van der Waals surface area contributed by atoms with E-state index in [0.29, 0.717) is 0 Å². The molecule has 0 heterocycles. The van der Waals surface area contributed by atoms with Gasteiger partial charge in [-0.1, -0.05) is 24.3 Å². The van der Waals surface area contributed by atoms with E-state index in [4.69, 9.17) is 5.11 Å². The smallest absolute Gasteiger partial charge is 0.435 e. The van der Waals surface area contributed by atoms with Crippen molar-refractivity contribution in [3.05, 3.63) is 35.4 Å². The van der Waals surface area contributed by atoms with Gasteiger partial charge in [0.25, 0.3) is 0 Å². The molecule has 22 heavy (non-hydrogen) atoms. The molecule has 0 amide bonds. The summed E-state index contributed by atoms with van der Waals surface area (Å²) in [5.74, 6) is -7.22. The third-order valence-electron chi connectivity index (χ3n) is 2.70. The van der Waals surface area contributed by atoms with Gasteiger partial charge in [-0.2, -0.15) is 35.1 Å². The summed E-state index contributed by atoms with van der Waals surface area (Å²) in [5.41, 5.74) is -9.15. The second-order valence-corrected chi connectivity index (χ2v) is 4.11. The third kappa shape index (κ3) is 2.71. The Morgan fingerprint density at radius 1 is 0.727 bits per heavy atom. The third-order valence-corrected chi connectivity index (χ3v) is 2.70. The molecule has 1 N–H and O–H groups in total. The number of carbonyl (C=O) groups is 1. The lowest BCUT2D eigenvalue weighted by atomic mass is 9.92. The lowest BCUT2D eigenvalue weighted by Crippen LogP contribution is -2.50. The number of benzene rings is 1. The van der Waals surface area contributed by atoms with Gasteiger partial charge in [-0.15, -0.1) is 0 Å². The maximum absolute atomic E-state index is 13.6. The highest BCUT2D eigenvalue weighted by atomic mass is 19.4. The van der Waals surface area contributed by atoms with Crippen LogP contribution < -0.4 is 0 Å². The number of carboxylic acid groups (broad SMARTS) is 1. The first kappa shape index (κ1) is 18.1. The number of hydrogen-bond acceptors (Lipinski definition) is 1. The molecule has 0 spiro atoms. The van der Waals surface area contributed by atoms with Gasteiger partial charge in [-0.05, 0) is 0 Å². The van der Waals surface area contributed by atoms with Gasteiger partial charge in [0.15, 0.2) is 0 Å². The van der Waals surface area contributed by atoms with Gasteiger partial charge in [0.1, 0.15) is 0 Å². The van der Waals surface area contributed by atoms with Gasteiger partial charge in [0, 0.05) is 11.1 Å². The molecule has 0 saturated heterocycles. The largest absolute Gasteiger partial charge is 0.477 e. The minimum absolute atomic E-state index is 0.0186. The van der Waals surface area contributed by atoms with Crippen molar-refractivity contribution in [2.45, 2.75) is 23.9 Å². The van der Waals surface area contributed by atoms with E-state index in [-0.39, 0.29) is 24.3 Å². The van der Waals surface area contributed by atoms with Crippen LogP contribution in [-0.4, -0.2) is 23.4 Å². The maximum Gasteiger partial charge on any atom is 0.435 e. The summed E-state index contributed by atoms with van der Waals surface area (Å²) in [6.07, 6.45) is -12.8. The van der Waals surface area contributed by atoms with Gasteiger partial charge in [0.05, 0.1) is 0 Å². The van der Waals surface area contributed by atoms with Crippen LogP contribution in [0.1, 0.15) is 11.1 Å². The van der Waals surface area contributed by atoms with E-state index in [9.17, 15) is 44.3 Å². The lowest BCUT2D eigenvalue weighted by molar-refractivity contribution is -0.348. The topological polar surface area (TPSA) is 37.3 Å². The Kier molecular flexibility index (Phi) is 4.16. The molecule has 124 valence electrons. The predicted molar refractivity (Wildman–Crippen MR) is 52.9 cm³/mol. The summed E-state index contributed by atoms with van der Waals surface area (Å²) in [4.78, 5) is 10.2. The van der Waals surface area contributed by atoms with Gasteiger partial charge < -0.3 is 5.11 Å². The van der Waals surface area contributed by atoms with Crippen molar-refractivity contribution in [3.8, 4) is 0 Å². The SMILES string of the molecule is O=C(O)C(F)(F)c1ccc(C(F)(C(F)(F)F)C(F)(F)F)cc1. The molecule has 2 nitrogen and oxygen atoms in total. The zero-order chi connectivity index (χ0) is 17.6. The molecule has 0 atom stereocenters. The summed E-state index contributed by atoms with van der Waals surface area (Å²) in [6, 6.07) is -0.412. The molecule has 0 radical (unpaired) electrons. The van der Waals surface area contributed by atoms with Crippen LogP contribution in [0.15, 0.2) is 24.3 Å². The molecule has 0 aliphatic rings. The quantitative estimate of drug-likeness (QED) is 0.840. The Morgan fingerprint density at radius 2 is 1.05 bits per heavy atom. The van der Waals surface area contributed by atoms with E-state index in [1.54, 1.807) is 0 Å². The van der Waals surface area contributed by atoms with E-state index in [1.807, 2.05) is 0 Å². The summed E-state index contributed by atoms with van der Waals surface area (Å²) >= 11 is 0. The zero-order valence-electron chi connectivity index (χ0n) is 10.1. The first-order chi connectivity index (χ1) is 9.65. The standard InChI is InChI=1S/C11H5F9O2/c12-8(13,7(21)22)5-1-3-6(4-2-5)9(14,10(15,16)17)11(18,19)20/h1-4H,(H,21,22). The van der Waals surface area contributed by atoms with Gasteiger partial charge in [-0.25, -0.2) is 9.18 Å². The summed E-state index contributed by atoms with van der Waals surface area (Å²) < 4.78 is 114. The minimum atomic E-state index is -6.39. The van der Waals surface area contributed by atoms with Gasteiger partial charge in [-0.3, -0.25) is 0 Å². The molecule has 0 fully saturated rings. The van der Waals surface area contributed by atoms with Crippen molar-refractivity contribution in [1.29, 1.82) is 0 Å². The van der Waals surface area contributed by atoms with Gasteiger partial charge >= 0.3 is 29.9 Å². The monoisotopic (exact) mass is 340 g/mol. The van der Waals surface area contributed by atoms with Crippen molar-refractivity contribution >= 4 is 5.97 Å². The Labute approximate surface area is 116 Å². The molecule has 0 unspecified atom stereocenters. The highest BCUT2D eigenvalue weighted by molar-refractivity contribution is 5.77. The zero-order valence-corrected chi connectivity index (χ0v) is 10.1. The Hall–Kier alpha value is -1.94. The van der Waals surface area contributed by atoms with Crippen LogP contribution in [0.4, 0.5) is 39.5 Å². The minimum Gasteiger partial charge on any atom is -0.477 e. The van der Waals surface area contributed by atoms with Crippen molar-refractivity contribution in [2.24, 2.45) is 0 Å². The van der Waals surface area contributed by atoms with Crippen molar-refractivity contribution < 1.29 is 49.4 Å². The maximum atomic E-state index is 13.6. The molecule has 0 aromatic heterocycles. The van der Waals surface area contributed by atoms with E-state index < -0.39 is 41.0 Å². The molecule has 1 rings (SSSR count). The summed E-state index contributed by atoms with van der Waals surface area (Å²) in [7, 11) is 0. The molecular weight excluding hydrogens is 335 g/mol. The van der Waals surface area contributed by atoms with Crippen molar-refractivity contribution in [1.82, 2.24) is 0 Å². The molecule has 1 aromatic carbocycles. The number of halogens is 9. The number of carboxylic acids is 1. The first-order valence-electron chi connectivity index (χ1n) is 5.20. The van der Waals surface area contributed by atoms with E-state index in [0.717, 1.165) is 0 Å². The number of aliphatic carboxylic acids is 1. The Morgan fingerprint density at radius 3 is 1.32 bits per heavy atom. The predicted octanol–water partition coefficient (Wildman–Crippen LogP) is 4.15. The van der Waals surface area contributed by atoms with Crippen LogP contribution in [0.2, 0.25) is 0 Å². The van der Waals surface area contributed by atoms with Crippen LogP contribution in [0.3, 0.4) is 0 Å². The Balaban J connectivity index is 3.42. The number of alkyl halides is 9. The second-order valence-electron chi connectivity index (χ2n) is 4.11. The fraction of sp³-hybridized carbons (Fsp3) is 0.364. The van der Waals surface area contributed by atoms with Gasteiger partial charge in [0.2, 0.25) is 0 Å². The van der Waals surface area contributed by atoms with Crippen LogP contribution in [-0.2, 0) is 16.4 Å². The number of rotatable bonds is 3. The Bertz CT molecular complexity index is 542. The molecule has 0 bridgehead atoms. The highest BCUT2D eigenvalue weighted by Gasteiger charge is 2.73. The van der Waals surface area contributed by atoms with Crippen molar-refractivity contribution in [2.75, 3.05) is 0 Å². The van der Waals surface area contributed by atoms with E-state index in [2.05, 4.69) is 0 Å². The molecule has 11 heteroatoms. The summed E-state index contributed by atoms with van der Waals surface area (Å²) in [6.45, 7) is 0. The summed E-state index contributed by atoms with van der Waals surface area (Å²) in [5, 5.41) is 8.20. The second kappa shape index (κ2) is 5.06. The number of hydrogen-bond donors (Lipinski definition) is 1. The lowest BCUT2D eigenvalue weighted by Gasteiger charge is -2.30. The van der Waals surface area contributed by atoms with E-state index in [1.165, 1.54) is 0 Å². The average Bonchev–Trinajstić information content (AvgIpc) is 2.35. The van der Waals surface area contributed by atoms with Crippen LogP contribution >= 0.6 is 0 Å². The molecule has 0 aliphatic carbocycles. The van der Waals surface area contributed by atoms with Crippen LogP contribution in [0.5, 0.6) is 0 Å². The average molecular weight is 340 g/mol. The highest BCUT2D eigenvalue weighted by Crippen LogP contribution is 2.53. The van der Waals surface area contributed by atoms with E-state index >= 15 is 0 Å². The van der Waals surface area contributed by atoms with Crippen molar-refractivity contribution in [3.63, 3.8) is 0 Å². The first-order valence-corrected chi connectivity index (χ1v) is 5.20. The molecular formula is C11H5F9O2. The fourth-order valence-electron chi connectivity index (χ4n) is 1.52. The molecule has 0 aliphatic heterocycles. The van der Waals surface area contributed by atoms with Crippen LogP contribution in [0.25, 0.3) is 0 Å².